The van der Waals surface area contributed by atoms with Crippen LogP contribution in [0.15, 0.2) is 54.6 Å². The fourth-order valence-electron chi connectivity index (χ4n) is 6.06. The van der Waals surface area contributed by atoms with Crippen molar-refractivity contribution in [3.63, 3.8) is 0 Å². The van der Waals surface area contributed by atoms with Gasteiger partial charge in [0.2, 0.25) is 5.91 Å². The second kappa shape index (κ2) is 11.9. The molecular formula is C28H37ClN4O4S. The molecule has 0 saturated carbocycles. The van der Waals surface area contributed by atoms with Gasteiger partial charge < -0.3 is 20.3 Å². The van der Waals surface area contributed by atoms with Gasteiger partial charge in [0, 0.05) is 35.7 Å². The van der Waals surface area contributed by atoms with Crippen molar-refractivity contribution in [2.45, 2.75) is 43.7 Å². The first-order valence-electron chi connectivity index (χ1n) is 13.5. The van der Waals surface area contributed by atoms with Crippen molar-refractivity contribution in [3.05, 3.63) is 65.7 Å². The molecule has 2 fully saturated rings. The van der Waals surface area contributed by atoms with Gasteiger partial charge in [-0.2, -0.15) is 8.42 Å². The summed E-state index contributed by atoms with van der Waals surface area (Å²) in [6.45, 7) is 5.03. The molecule has 1 amide bonds. The average Bonchev–Trinajstić information content (AvgIpc) is 3.26. The maximum absolute atomic E-state index is 13.7. The highest BCUT2D eigenvalue weighted by Crippen LogP contribution is 2.48. The quantitative estimate of drug-likeness (QED) is 0.458. The Kier molecular flexibility index (Phi) is 8.59. The van der Waals surface area contributed by atoms with Gasteiger partial charge in [-0.15, -0.1) is 0 Å². The summed E-state index contributed by atoms with van der Waals surface area (Å²) >= 11 is 0. The van der Waals surface area contributed by atoms with E-state index in [1.807, 2.05) is 59.5 Å². The SMILES string of the molecule is O=C(C(COCc1ccccc1)NCC1CCNCC1)N1CCC2(CC1)CN(S(=O)(=O)Cl)c1ccccc12. The molecule has 5 rings (SSSR count). The number of halogens is 1. The summed E-state index contributed by atoms with van der Waals surface area (Å²) in [5, 5.41) is 6.92. The minimum Gasteiger partial charge on any atom is -0.375 e. The molecule has 2 aromatic carbocycles. The Hall–Kier alpha value is -2.17. The molecule has 2 saturated heterocycles. The topological polar surface area (TPSA) is 91.0 Å². The van der Waals surface area contributed by atoms with Crippen LogP contribution in [0, 0.1) is 5.92 Å². The number of hydrogen-bond donors (Lipinski definition) is 2. The van der Waals surface area contributed by atoms with Crippen LogP contribution in [0.2, 0.25) is 0 Å². The number of nitrogens with zero attached hydrogens (tertiary/aromatic N) is 2. The number of carbonyl (C=O) groups is 1. The summed E-state index contributed by atoms with van der Waals surface area (Å²) in [5.41, 5.74) is 2.40. The van der Waals surface area contributed by atoms with E-state index in [4.69, 9.17) is 15.4 Å². The van der Waals surface area contributed by atoms with Gasteiger partial charge in [0.25, 0.3) is 0 Å². The largest absolute Gasteiger partial charge is 0.375 e. The monoisotopic (exact) mass is 560 g/mol. The van der Waals surface area contributed by atoms with Crippen LogP contribution in [0.3, 0.4) is 0 Å². The smallest absolute Gasteiger partial charge is 0.321 e. The molecular weight excluding hydrogens is 524 g/mol. The van der Waals surface area contributed by atoms with Gasteiger partial charge in [0.15, 0.2) is 0 Å². The predicted molar refractivity (Wildman–Crippen MR) is 150 cm³/mol. The molecule has 8 nitrogen and oxygen atoms in total. The molecule has 10 heteroatoms. The van der Waals surface area contributed by atoms with Gasteiger partial charge >= 0.3 is 9.24 Å². The first-order chi connectivity index (χ1) is 18.4. The number of anilines is 1. The van der Waals surface area contributed by atoms with E-state index in [9.17, 15) is 13.2 Å². The van der Waals surface area contributed by atoms with Crippen LogP contribution >= 0.6 is 10.7 Å². The molecule has 3 aliphatic rings. The normalized spacial score (nSPS) is 20.4. The van der Waals surface area contributed by atoms with E-state index in [0.717, 1.165) is 43.6 Å². The summed E-state index contributed by atoms with van der Waals surface area (Å²) in [4.78, 5) is 15.6. The minimum atomic E-state index is -3.89. The van der Waals surface area contributed by atoms with E-state index in [-0.39, 0.29) is 11.3 Å². The summed E-state index contributed by atoms with van der Waals surface area (Å²) in [6.07, 6.45) is 3.57. The molecule has 3 aliphatic heterocycles. The van der Waals surface area contributed by atoms with Crippen LogP contribution < -0.4 is 14.9 Å². The molecule has 2 aromatic rings. The fraction of sp³-hybridized carbons (Fsp3) is 0.536. The molecule has 3 heterocycles. The number of nitrogens with one attached hydrogen (secondary N) is 2. The number of ether oxygens (including phenoxy) is 1. The van der Waals surface area contributed by atoms with Gasteiger partial charge in [-0.05, 0) is 68.4 Å². The molecule has 1 atom stereocenters. The molecule has 0 bridgehead atoms. The Bertz CT molecular complexity index is 1200. The van der Waals surface area contributed by atoms with Crippen LogP contribution in [-0.4, -0.2) is 71.1 Å². The van der Waals surface area contributed by atoms with E-state index < -0.39 is 15.3 Å². The third-order valence-electron chi connectivity index (χ3n) is 8.29. The molecule has 206 valence electrons. The third-order valence-corrected chi connectivity index (χ3v) is 9.64. The zero-order chi connectivity index (χ0) is 26.6. The van der Waals surface area contributed by atoms with Gasteiger partial charge in [-0.3, -0.25) is 9.10 Å². The van der Waals surface area contributed by atoms with Gasteiger partial charge in [0.1, 0.15) is 6.04 Å². The fourth-order valence-corrected chi connectivity index (χ4v) is 7.23. The standard InChI is InChI=1S/C28H37ClN4O4S/c29-38(35,36)33-21-28(24-8-4-5-9-26(24)33)12-16-32(17-13-28)27(34)25(31-18-22-10-14-30-15-11-22)20-37-19-23-6-2-1-3-7-23/h1-9,22,25,30-31H,10-21H2. The van der Waals surface area contributed by atoms with Gasteiger partial charge in [-0.25, -0.2) is 0 Å². The number of piperidine rings is 2. The Morgan fingerprint density at radius 1 is 1.08 bits per heavy atom. The summed E-state index contributed by atoms with van der Waals surface area (Å²) < 4.78 is 31.9. The number of hydrogen-bond acceptors (Lipinski definition) is 6. The number of para-hydroxylation sites is 1. The zero-order valence-corrected chi connectivity index (χ0v) is 23.2. The predicted octanol–water partition coefficient (Wildman–Crippen LogP) is 3.03. The molecule has 38 heavy (non-hydrogen) atoms. The highest BCUT2D eigenvalue weighted by molar-refractivity contribution is 8.14. The molecule has 0 radical (unpaired) electrons. The lowest BCUT2D eigenvalue weighted by Crippen LogP contribution is -2.54. The van der Waals surface area contributed by atoms with Crippen molar-refractivity contribution in [1.82, 2.24) is 15.5 Å². The van der Waals surface area contributed by atoms with E-state index in [0.29, 0.717) is 57.3 Å². The minimum absolute atomic E-state index is 0.0509. The number of rotatable bonds is 9. The first kappa shape index (κ1) is 27.4. The Balaban J connectivity index is 1.24. The lowest BCUT2D eigenvalue weighted by Gasteiger charge is -2.41. The maximum atomic E-state index is 13.7. The summed E-state index contributed by atoms with van der Waals surface area (Å²) in [6, 6.07) is 17.1. The van der Waals surface area contributed by atoms with Crippen LogP contribution in [0.1, 0.15) is 36.8 Å². The van der Waals surface area contributed by atoms with Crippen molar-refractivity contribution in [1.29, 1.82) is 0 Å². The molecule has 0 aromatic heterocycles. The van der Waals surface area contributed by atoms with Crippen molar-refractivity contribution < 1.29 is 17.9 Å². The van der Waals surface area contributed by atoms with E-state index in [1.165, 1.54) is 4.31 Å². The van der Waals surface area contributed by atoms with Crippen LogP contribution in [0.5, 0.6) is 0 Å². The summed E-state index contributed by atoms with van der Waals surface area (Å²) in [5.74, 6) is 0.596. The van der Waals surface area contributed by atoms with Crippen molar-refractivity contribution in [2.24, 2.45) is 5.92 Å². The van der Waals surface area contributed by atoms with Crippen molar-refractivity contribution >= 4 is 31.5 Å². The highest BCUT2D eigenvalue weighted by atomic mass is 35.7. The number of carbonyl (C=O) groups excluding carboxylic acids is 1. The lowest BCUT2D eigenvalue weighted by molar-refractivity contribution is -0.136. The van der Waals surface area contributed by atoms with E-state index in [2.05, 4.69) is 10.6 Å². The molecule has 1 unspecified atom stereocenters. The molecule has 2 N–H and O–H groups in total. The second-order valence-corrected chi connectivity index (χ2v) is 13.2. The number of fused-ring (bicyclic) bond motifs is 2. The third kappa shape index (κ3) is 6.18. The lowest BCUT2D eigenvalue weighted by atomic mass is 9.74. The van der Waals surface area contributed by atoms with Crippen molar-refractivity contribution in [3.8, 4) is 0 Å². The first-order valence-corrected chi connectivity index (χ1v) is 15.8. The number of amides is 1. The Morgan fingerprint density at radius 3 is 2.47 bits per heavy atom. The zero-order valence-electron chi connectivity index (χ0n) is 21.6. The average molecular weight is 561 g/mol. The van der Waals surface area contributed by atoms with Crippen molar-refractivity contribution in [2.75, 3.05) is 50.2 Å². The Morgan fingerprint density at radius 2 is 1.76 bits per heavy atom. The molecule has 0 aliphatic carbocycles. The van der Waals surface area contributed by atoms with E-state index >= 15 is 0 Å². The molecule has 1 spiro atoms. The van der Waals surface area contributed by atoms with Crippen LogP contribution in [-0.2, 0) is 30.8 Å². The maximum Gasteiger partial charge on any atom is 0.321 e. The van der Waals surface area contributed by atoms with Crippen LogP contribution in [0.25, 0.3) is 0 Å². The van der Waals surface area contributed by atoms with Crippen LogP contribution in [0.4, 0.5) is 5.69 Å². The van der Waals surface area contributed by atoms with E-state index in [1.54, 1.807) is 0 Å². The summed E-state index contributed by atoms with van der Waals surface area (Å²) in [7, 11) is 1.90. The highest BCUT2D eigenvalue weighted by Gasteiger charge is 2.48. The van der Waals surface area contributed by atoms with Gasteiger partial charge in [-0.1, -0.05) is 48.5 Å². The Labute approximate surface area is 230 Å². The van der Waals surface area contributed by atoms with Gasteiger partial charge in [0.05, 0.1) is 18.9 Å². The number of benzene rings is 2. The second-order valence-electron chi connectivity index (χ2n) is 10.7. The number of likely N-dealkylation sites (tertiary alicyclic amines) is 1.